The Bertz CT molecular complexity index is 1500. The quantitative estimate of drug-likeness (QED) is 0.320. The first kappa shape index (κ1) is 25.6. The van der Waals surface area contributed by atoms with Crippen molar-refractivity contribution in [1.29, 1.82) is 0 Å². The molecule has 2 heterocycles. The van der Waals surface area contributed by atoms with Crippen LogP contribution in [-0.2, 0) is 19.8 Å². The number of carbonyl (C=O) groups excluding carboxylic acids is 2. The fourth-order valence-electron chi connectivity index (χ4n) is 5.83. The third kappa shape index (κ3) is 4.60. The van der Waals surface area contributed by atoms with Gasteiger partial charge >= 0.3 is 5.97 Å². The molecule has 2 fully saturated rings. The van der Waals surface area contributed by atoms with Crippen LogP contribution in [-0.4, -0.2) is 48.0 Å². The maximum absolute atomic E-state index is 13.6. The number of esters is 1. The predicted molar refractivity (Wildman–Crippen MR) is 150 cm³/mol. The highest BCUT2D eigenvalue weighted by Gasteiger charge is 2.45. The summed E-state index contributed by atoms with van der Waals surface area (Å²) < 4.78 is 12.5. The van der Waals surface area contributed by atoms with Crippen molar-refractivity contribution in [3.05, 3.63) is 89.1 Å². The molecule has 4 aromatic rings. The largest absolute Gasteiger partial charge is 0.469 e. The average molecular weight is 544 g/mol. The van der Waals surface area contributed by atoms with Crippen LogP contribution in [0.15, 0.2) is 72.9 Å². The fourth-order valence-corrected chi connectivity index (χ4v) is 6.03. The number of halogens is 1. The number of rotatable bonds is 6. The summed E-state index contributed by atoms with van der Waals surface area (Å²) in [6.07, 6.45) is 4.59. The van der Waals surface area contributed by atoms with E-state index in [9.17, 15) is 9.59 Å². The van der Waals surface area contributed by atoms with Crippen molar-refractivity contribution in [1.82, 2.24) is 15.1 Å². The van der Waals surface area contributed by atoms with E-state index < -0.39 is 5.54 Å². The number of nitrogens with zero attached hydrogens (tertiary/aromatic N) is 2. The monoisotopic (exact) mass is 543 g/mol. The van der Waals surface area contributed by atoms with Crippen molar-refractivity contribution in [2.75, 3.05) is 20.3 Å². The normalized spacial score (nSPS) is 20.3. The number of benzene rings is 3. The standard InChI is InChI=1S/C31H30ClN3O4/c1-38-30(37)22-9-13-24(14-10-22)34-29(36)25-15-16-27(32)26-17-33-35(28(25)26)31(18-39-19-31)23-11-7-21(8-12-23)20-5-3-2-4-6-20/h2-8,11-12,15-17,22,24H,9-10,13-14,18-19H2,1H3,(H,34,36)/t22-,24-. The van der Waals surface area contributed by atoms with Crippen molar-refractivity contribution < 1.29 is 19.1 Å². The van der Waals surface area contributed by atoms with Gasteiger partial charge in [0.15, 0.2) is 0 Å². The van der Waals surface area contributed by atoms with Crippen LogP contribution in [0.25, 0.3) is 22.0 Å². The van der Waals surface area contributed by atoms with Gasteiger partial charge in [0.05, 0.1) is 48.5 Å². The van der Waals surface area contributed by atoms with Crippen molar-refractivity contribution in [2.24, 2.45) is 5.92 Å². The summed E-state index contributed by atoms with van der Waals surface area (Å²) in [6, 6.07) is 22.2. The lowest BCUT2D eigenvalue weighted by Gasteiger charge is -2.42. The number of ether oxygens (including phenoxy) is 2. The SMILES string of the molecule is COC(=O)[C@H]1CC[C@H](NC(=O)c2ccc(Cl)c3cnn(C4(c5ccc(-c6ccccc6)cc5)COC4)c23)CC1. The molecular weight excluding hydrogens is 514 g/mol. The van der Waals surface area contributed by atoms with Gasteiger partial charge in [-0.25, -0.2) is 4.68 Å². The maximum atomic E-state index is 13.6. The van der Waals surface area contributed by atoms with Crippen LogP contribution < -0.4 is 5.32 Å². The number of aromatic nitrogens is 2. The van der Waals surface area contributed by atoms with E-state index in [1.165, 1.54) is 7.11 Å². The van der Waals surface area contributed by atoms with Gasteiger partial charge in [-0.3, -0.25) is 9.59 Å². The van der Waals surface area contributed by atoms with Gasteiger partial charge in [-0.15, -0.1) is 0 Å². The van der Waals surface area contributed by atoms with Gasteiger partial charge in [0.25, 0.3) is 5.91 Å². The van der Waals surface area contributed by atoms with E-state index in [2.05, 4.69) is 41.7 Å². The predicted octanol–water partition coefficient (Wildman–Crippen LogP) is 5.59. The molecule has 200 valence electrons. The lowest BCUT2D eigenvalue weighted by atomic mass is 9.86. The van der Waals surface area contributed by atoms with E-state index in [1.54, 1.807) is 18.3 Å². The van der Waals surface area contributed by atoms with Crippen LogP contribution >= 0.6 is 11.6 Å². The molecule has 1 aliphatic carbocycles. The van der Waals surface area contributed by atoms with Gasteiger partial charge in [0.1, 0.15) is 5.54 Å². The Morgan fingerprint density at radius 1 is 0.974 bits per heavy atom. The fraction of sp³-hybridized carbons (Fsp3) is 0.323. The minimum Gasteiger partial charge on any atom is -0.469 e. The van der Waals surface area contributed by atoms with Gasteiger partial charge in [-0.1, -0.05) is 66.2 Å². The zero-order valence-corrected chi connectivity index (χ0v) is 22.5. The van der Waals surface area contributed by atoms with Crippen molar-refractivity contribution in [3.63, 3.8) is 0 Å². The zero-order chi connectivity index (χ0) is 27.0. The average Bonchev–Trinajstić information content (AvgIpc) is 3.39. The third-order valence-corrected chi connectivity index (χ3v) is 8.47. The molecule has 1 saturated heterocycles. The van der Waals surface area contributed by atoms with Gasteiger partial charge in [0.2, 0.25) is 0 Å². The van der Waals surface area contributed by atoms with E-state index >= 15 is 0 Å². The minimum absolute atomic E-state index is 0.00738. The van der Waals surface area contributed by atoms with Crippen LogP contribution in [0.3, 0.4) is 0 Å². The summed E-state index contributed by atoms with van der Waals surface area (Å²) in [4.78, 5) is 25.5. The maximum Gasteiger partial charge on any atom is 0.308 e. The number of amides is 1. The highest BCUT2D eigenvalue weighted by molar-refractivity contribution is 6.36. The van der Waals surface area contributed by atoms with Crippen molar-refractivity contribution >= 4 is 34.4 Å². The second-order valence-corrected chi connectivity index (χ2v) is 10.8. The molecule has 6 rings (SSSR count). The van der Waals surface area contributed by atoms with Gasteiger partial charge in [0, 0.05) is 11.4 Å². The topological polar surface area (TPSA) is 82.5 Å². The molecule has 1 amide bonds. The summed E-state index contributed by atoms with van der Waals surface area (Å²) in [5.74, 6) is -0.443. The van der Waals surface area contributed by atoms with Crippen LogP contribution in [0, 0.1) is 5.92 Å². The van der Waals surface area contributed by atoms with Crippen LogP contribution in [0.5, 0.6) is 0 Å². The van der Waals surface area contributed by atoms with Crippen LogP contribution in [0.1, 0.15) is 41.6 Å². The summed E-state index contributed by atoms with van der Waals surface area (Å²) in [6.45, 7) is 0.888. The number of hydrogen-bond donors (Lipinski definition) is 1. The Kier molecular flexibility index (Phi) is 6.87. The lowest BCUT2D eigenvalue weighted by molar-refractivity contribution is -0.146. The Labute approximate surface area is 232 Å². The van der Waals surface area contributed by atoms with Crippen LogP contribution in [0.2, 0.25) is 5.02 Å². The summed E-state index contributed by atoms with van der Waals surface area (Å²) in [5, 5.41) is 9.21. The first-order chi connectivity index (χ1) is 19.0. The van der Waals surface area contributed by atoms with E-state index in [-0.39, 0.29) is 23.8 Å². The Morgan fingerprint density at radius 3 is 2.31 bits per heavy atom. The molecule has 1 saturated carbocycles. The van der Waals surface area contributed by atoms with Gasteiger partial charge < -0.3 is 14.8 Å². The number of fused-ring (bicyclic) bond motifs is 1. The van der Waals surface area contributed by atoms with Crippen LogP contribution in [0.4, 0.5) is 0 Å². The lowest BCUT2D eigenvalue weighted by Crippen LogP contribution is -2.53. The van der Waals surface area contributed by atoms with Gasteiger partial charge in [-0.2, -0.15) is 5.10 Å². The Balaban J connectivity index is 1.31. The van der Waals surface area contributed by atoms with E-state index in [4.69, 9.17) is 26.2 Å². The molecule has 39 heavy (non-hydrogen) atoms. The first-order valence-corrected chi connectivity index (χ1v) is 13.7. The zero-order valence-electron chi connectivity index (χ0n) is 21.7. The summed E-state index contributed by atoms with van der Waals surface area (Å²) in [5.41, 5.74) is 4.01. The first-order valence-electron chi connectivity index (χ1n) is 13.3. The second kappa shape index (κ2) is 10.5. The van der Waals surface area contributed by atoms with E-state index in [1.807, 2.05) is 22.9 Å². The molecule has 0 unspecified atom stereocenters. The number of methoxy groups -OCH3 is 1. The molecule has 1 N–H and O–H groups in total. The van der Waals surface area contributed by atoms with Gasteiger partial charge in [-0.05, 0) is 54.5 Å². The van der Waals surface area contributed by atoms with Crippen molar-refractivity contribution in [2.45, 2.75) is 37.3 Å². The molecule has 0 atom stereocenters. The number of hydrogen-bond acceptors (Lipinski definition) is 5. The molecule has 0 radical (unpaired) electrons. The highest BCUT2D eigenvalue weighted by Crippen LogP contribution is 2.39. The summed E-state index contributed by atoms with van der Waals surface area (Å²) >= 11 is 6.58. The molecule has 1 aromatic heterocycles. The molecule has 3 aromatic carbocycles. The Morgan fingerprint density at radius 2 is 1.67 bits per heavy atom. The molecule has 2 aliphatic rings. The molecule has 8 heteroatoms. The molecule has 1 aliphatic heterocycles. The molecule has 0 bridgehead atoms. The molecule has 7 nitrogen and oxygen atoms in total. The number of nitrogens with one attached hydrogen (secondary N) is 1. The molecule has 0 spiro atoms. The molecular formula is C31H30ClN3O4. The number of carbonyl (C=O) groups is 2. The minimum atomic E-state index is -0.546. The second-order valence-electron chi connectivity index (χ2n) is 10.4. The highest BCUT2D eigenvalue weighted by atomic mass is 35.5. The smallest absolute Gasteiger partial charge is 0.308 e. The van der Waals surface area contributed by atoms with E-state index in [0.717, 1.165) is 34.9 Å². The van der Waals surface area contributed by atoms with E-state index in [0.29, 0.717) is 42.2 Å². The van der Waals surface area contributed by atoms with Crippen molar-refractivity contribution in [3.8, 4) is 11.1 Å². The summed E-state index contributed by atoms with van der Waals surface area (Å²) in [7, 11) is 1.42. The Hall–Kier alpha value is -3.68. The third-order valence-electron chi connectivity index (χ3n) is 8.14.